The predicted octanol–water partition coefficient (Wildman–Crippen LogP) is 4.97. The molecular weight excluding hydrogens is 252 g/mol. The Bertz CT molecular complexity index is 413. The molecule has 0 heterocycles. The zero-order chi connectivity index (χ0) is 13.5. The van der Waals surface area contributed by atoms with Crippen molar-refractivity contribution in [1.29, 1.82) is 0 Å². The lowest BCUT2D eigenvalue weighted by molar-refractivity contribution is 0.166. The lowest BCUT2D eigenvalue weighted by atomic mass is 9.98. The van der Waals surface area contributed by atoms with Gasteiger partial charge in [-0.25, -0.2) is 0 Å². The maximum Gasteiger partial charge on any atom is 0.0790 e. The molecule has 1 nitrogen and oxygen atoms in total. The molecule has 0 aromatic heterocycles. The second-order valence-electron chi connectivity index (χ2n) is 5.31. The topological polar surface area (TPSA) is 20.2 Å². The first-order valence-corrected chi connectivity index (χ1v) is 8.35. The molecule has 1 aliphatic rings. The molecule has 2 unspecified atom stereocenters. The summed E-state index contributed by atoms with van der Waals surface area (Å²) in [5.41, 5.74) is 1.06. The van der Waals surface area contributed by atoms with Gasteiger partial charge in [0.1, 0.15) is 0 Å². The molecule has 2 heteroatoms. The molecule has 0 amide bonds. The summed E-state index contributed by atoms with van der Waals surface area (Å²) in [6, 6.07) is 8.40. The van der Waals surface area contributed by atoms with Gasteiger partial charge in [0.2, 0.25) is 0 Å². The van der Waals surface area contributed by atoms with Crippen LogP contribution in [-0.4, -0.2) is 10.9 Å². The Morgan fingerprint density at radius 2 is 2.32 bits per heavy atom. The minimum Gasteiger partial charge on any atom is -0.388 e. The Morgan fingerprint density at radius 3 is 3.05 bits per heavy atom. The Labute approximate surface area is 121 Å². The minimum atomic E-state index is -0.305. The second-order valence-corrected chi connectivity index (χ2v) is 6.40. The molecule has 0 radical (unpaired) electrons. The van der Waals surface area contributed by atoms with Gasteiger partial charge >= 0.3 is 0 Å². The number of hydrogen-bond donors (Lipinski definition) is 1. The van der Waals surface area contributed by atoms with Gasteiger partial charge in [-0.1, -0.05) is 37.6 Å². The van der Waals surface area contributed by atoms with Crippen molar-refractivity contribution >= 4 is 11.8 Å². The van der Waals surface area contributed by atoms with Crippen molar-refractivity contribution in [3.8, 4) is 0 Å². The summed E-state index contributed by atoms with van der Waals surface area (Å²) in [6.45, 7) is 2.11. The average molecular weight is 276 g/mol. The van der Waals surface area contributed by atoms with E-state index in [9.17, 15) is 5.11 Å². The summed E-state index contributed by atoms with van der Waals surface area (Å²) in [7, 11) is 0. The van der Waals surface area contributed by atoms with Crippen LogP contribution in [0.4, 0.5) is 0 Å². The molecule has 1 aromatic carbocycles. The number of allylic oxidation sites excluding steroid dienone is 2. The van der Waals surface area contributed by atoms with E-state index in [1.54, 1.807) is 0 Å². The van der Waals surface area contributed by atoms with Gasteiger partial charge in [-0.3, -0.25) is 0 Å². The molecule has 2 rings (SSSR count). The van der Waals surface area contributed by atoms with E-state index in [0.29, 0.717) is 0 Å². The van der Waals surface area contributed by atoms with Crippen LogP contribution in [0.1, 0.15) is 50.7 Å². The molecule has 2 atom stereocenters. The largest absolute Gasteiger partial charge is 0.388 e. The van der Waals surface area contributed by atoms with Crippen LogP contribution < -0.4 is 0 Å². The molecule has 104 valence electrons. The van der Waals surface area contributed by atoms with Gasteiger partial charge < -0.3 is 5.11 Å². The number of aliphatic hydroxyl groups excluding tert-OH is 1. The van der Waals surface area contributed by atoms with Crippen molar-refractivity contribution in [1.82, 2.24) is 0 Å². The molecule has 0 fully saturated rings. The molecule has 0 spiro atoms. The van der Waals surface area contributed by atoms with E-state index in [1.807, 2.05) is 17.8 Å². The molecule has 0 bridgehead atoms. The first kappa shape index (κ1) is 14.7. The summed E-state index contributed by atoms with van der Waals surface area (Å²) in [6.07, 6.45) is 10.1. The van der Waals surface area contributed by atoms with E-state index in [4.69, 9.17) is 0 Å². The molecular formula is C17H24OS. The summed E-state index contributed by atoms with van der Waals surface area (Å²) in [4.78, 5) is 1.28. The molecule has 1 aliphatic carbocycles. The number of rotatable bonds is 6. The molecule has 0 saturated carbocycles. The number of benzene rings is 1. The van der Waals surface area contributed by atoms with Crippen LogP contribution in [-0.2, 0) is 0 Å². The smallest absolute Gasteiger partial charge is 0.0790 e. The van der Waals surface area contributed by atoms with Crippen molar-refractivity contribution in [2.75, 3.05) is 5.75 Å². The van der Waals surface area contributed by atoms with Crippen molar-refractivity contribution < 1.29 is 5.11 Å². The van der Waals surface area contributed by atoms with Crippen LogP contribution in [0.15, 0.2) is 41.3 Å². The predicted molar refractivity (Wildman–Crippen MR) is 83.5 cm³/mol. The van der Waals surface area contributed by atoms with E-state index in [1.165, 1.54) is 24.2 Å². The third kappa shape index (κ3) is 4.70. The molecule has 19 heavy (non-hydrogen) atoms. The normalized spacial score (nSPS) is 20.4. The zero-order valence-corrected chi connectivity index (χ0v) is 12.5. The van der Waals surface area contributed by atoms with E-state index < -0.39 is 0 Å². The average Bonchev–Trinajstić information content (AvgIpc) is 2.47. The van der Waals surface area contributed by atoms with Gasteiger partial charge in [0, 0.05) is 10.6 Å². The highest BCUT2D eigenvalue weighted by atomic mass is 32.2. The summed E-state index contributed by atoms with van der Waals surface area (Å²) in [5, 5.41) is 10.0. The van der Waals surface area contributed by atoms with E-state index in [2.05, 4.69) is 37.3 Å². The highest BCUT2D eigenvalue weighted by molar-refractivity contribution is 7.99. The van der Waals surface area contributed by atoms with Crippen LogP contribution in [0.3, 0.4) is 0 Å². The van der Waals surface area contributed by atoms with E-state index in [0.717, 1.165) is 30.1 Å². The summed E-state index contributed by atoms with van der Waals surface area (Å²) >= 11 is 1.91. The lowest BCUT2D eigenvalue weighted by Gasteiger charge is -2.16. The van der Waals surface area contributed by atoms with Crippen LogP contribution in [0, 0.1) is 5.92 Å². The van der Waals surface area contributed by atoms with Gasteiger partial charge in [0.25, 0.3) is 0 Å². The maximum atomic E-state index is 10.0. The number of thioether (sulfide) groups is 1. The Balaban J connectivity index is 1.91. The summed E-state index contributed by atoms with van der Waals surface area (Å²) < 4.78 is 0. The van der Waals surface area contributed by atoms with Gasteiger partial charge in [-0.05, 0) is 49.3 Å². The first-order valence-electron chi connectivity index (χ1n) is 7.37. The van der Waals surface area contributed by atoms with Gasteiger partial charge in [0.15, 0.2) is 0 Å². The van der Waals surface area contributed by atoms with Crippen LogP contribution in [0.2, 0.25) is 0 Å². The number of aliphatic hydroxyl groups is 1. The fourth-order valence-corrected chi connectivity index (χ4v) is 3.56. The van der Waals surface area contributed by atoms with Crippen molar-refractivity contribution in [2.24, 2.45) is 5.92 Å². The molecule has 1 aromatic rings. The Morgan fingerprint density at radius 1 is 1.42 bits per heavy atom. The lowest BCUT2D eigenvalue weighted by Crippen LogP contribution is -2.03. The van der Waals surface area contributed by atoms with Crippen LogP contribution in [0.25, 0.3) is 0 Å². The number of hydrogen-bond acceptors (Lipinski definition) is 2. The highest BCUT2D eigenvalue weighted by Crippen LogP contribution is 2.28. The highest BCUT2D eigenvalue weighted by Gasteiger charge is 2.10. The summed E-state index contributed by atoms with van der Waals surface area (Å²) in [5.74, 6) is 1.88. The van der Waals surface area contributed by atoms with Crippen LogP contribution in [0.5, 0.6) is 0 Å². The Hall–Kier alpha value is -0.730. The SMILES string of the molecule is CCCC(O)c1cccc(SCC2C=CCCC2)c1. The Kier molecular flexibility index (Phi) is 5.99. The molecule has 0 saturated heterocycles. The van der Waals surface area contributed by atoms with Gasteiger partial charge in [-0.15, -0.1) is 11.8 Å². The minimum absolute atomic E-state index is 0.305. The van der Waals surface area contributed by atoms with Crippen LogP contribution >= 0.6 is 11.8 Å². The fourth-order valence-electron chi connectivity index (χ4n) is 2.48. The first-order chi connectivity index (χ1) is 9.29. The standard InChI is InChI=1S/C17H24OS/c1-2-7-17(18)15-10-6-11-16(12-15)19-13-14-8-4-3-5-9-14/h4,6,8,10-12,14,17-18H,2-3,5,7,9,13H2,1H3. The second kappa shape index (κ2) is 7.76. The van der Waals surface area contributed by atoms with Gasteiger partial charge in [0.05, 0.1) is 6.10 Å². The third-order valence-corrected chi connectivity index (χ3v) is 4.81. The van der Waals surface area contributed by atoms with E-state index >= 15 is 0 Å². The van der Waals surface area contributed by atoms with Crippen molar-refractivity contribution in [3.05, 3.63) is 42.0 Å². The molecule has 1 N–H and O–H groups in total. The van der Waals surface area contributed by atoms with Crippen molar-refractivity contribution in [2.45, 2.75) is 50.0 Å². The monoisotopic (exact) mass is 276 g/mol. The van der Waals surface area contributed by atoms with E-state index in [-0.39, 0.29) is 6.10 Å². The molecule has 0 aliphatic heterocycles. The third-order valence-electron chi connectivity index (χ3n) is 3.62. The fraction of sp³-hybridized carbons (Fsp3) is 0.529. The van der Waals surface area contributed by atoms with Crippen molar-refractivity contribution in [3.63, 3.8) is 0 Å². The maximum absolute atomic E-state index is 10.0. The van der Waals surface area contributed by atoms with Gasteiger partial charge in [-0.2, -0.15) is 0 Å². The zero-order valence-electron chi connectivity index (χ0n) is 11.7. The quantitative estimate of drug-likeness (QED) is 0.585.